The molecule has 1 amide bonds. The first-order valence-electron chi connectivity index (χ1n) is 6.52. The number of rotatable bonds is 2. The molecule has 0 saturated heterocycles. The number of nitrogens with zero attached hydrogens (tertiary/aromatic N) is 1. The average molecular weight is 277 g/mol. The minimum Gasteiger partial charge on any atom is -0.463 e. The Labute approximate surface area is 119 Å². The molecular formula is C16H11N3O2. The second-order valence-corrected chi connectivity index (χ2v) is 4.72. The zero-order valence-electron chi connectivity index (χ0n) is 11.0. The number of carbonyl (C=O) groups is 1. The molecule has 5 heteroatoms. The number of carbonyl (C=O) groups excluding carboxylic acids is 1. The van der Waals surface area contributed by atoms with Gasteiger partial charge >= 0.3 is 0 Å². The van der Waals surface area contributed by atoms with Crippen LogP contribution < -0.4 is 5.32 Å². The minimum atomic E-state index is -0.223. The highest BCUT2D eigenvalue weighted by Gasteiger charge is 2.12. The van der Waals surface area contributed by atoms with Crippen molar-refractivity contribution < 1.29 is 9.21 Å². The fourth-order valence-corrected chi connectivity index (χ4v) is 2.37. The molecule has 0 spiro atoms. The molecule has 102 valence electrons. The second kappa shape index (κ2) is 4.49. The van der Waals surface area contributed by atoms with Crippen molar-refractivity contribution in [2.24, 2.45) is 0 Å². The van der Waals surface area contributed by atoms with Gasteiger partial charge < -0.3 is 14.7 Å². The molecule has 0 fully saturated rings. The first-order chi connectivity index (χ1) is 10.3. The zero-order chi connectivity index (χ0) is 14.2. The van der Waals surface area contributed by atoms with Crippen LogP contribution in [0.15, 0.2) is 59.3 Å². The molecule has 3 aromatic heterocycles. The lowest BCUT2D eigenvalue weighted by Gasteiger charge is -2.06. The summed E-state index contributed by atoms with van der Waals surface area (Å²) < 4.78 is 5.25. The minimum absolute atomic E-state index is 0.223. The highest BCUT2D eigenvalue weighted by atomic mass is 16.3. The summed E-state index contributed by atoms with van der Waals surface area (Å²) in [6.45, 7) is 0. The molecule has 0 radical (unpaired) electrons. The normalized spacial score (nSPS) is 11.0. The topological polar surface area (TPSA) is 70.9 Å². The van der Waals surface area contributed by atoms with Crippen LogP contribution in [0.4, 0.5) is 5.69 Å². The van der Waals surface area contributed by atoms with Crippen molar-refractivity contribution in [3.8, 4) is 0 Å². The van der Waals surface area contributed by atoms with E-state index in [-0.39, 0.29) is 5.91 Å². The van der Waals surface area contributed by atoms with Crippen LogP contribution in [0, 0.1) is 0 Å². The predicted molar refractivity (Wildman–Crippen MR) is 80.3 cm³/mol. The van der Waals surface area contributed by atoms with Crippen LogP contribution in [0.2, 0.25) is 0 Å². The van der Waals surface area contributed by atoms with Gasteiger partial charge in [0.15, 0.2) is 5.58 Å². The van der Waals surface area contributed by atoms with Crippen LogP contribution in [0.5, 0.6) is 0 Å². The van der Waals surface area contributed by atoms with E-state index in [0.717, 1.165) is 16.4 Å². The summed E-state index contributed by atoms with van der Waals surface area (Å²) in [7, 11) is 0. The van der Waals surface area contributed by atoms with Gasteiger partial charge in [0.25, 0.3) is 5.91 Å². The van der Waals surface area contributed by atoms with Crippen molar-refractivity contribution in [3.63, 3.8) is 0 Å². The fourth-order valence-electron chi connectivity index (χ4n) is 2.37. The van der Waals surface area contributed by atoms with Crippen molar-refractivity contribution in [2.75, 3.05) is 5.32 Å². The van der Waals surface area contributed by atoms with Crippen LogP contribution in [-0.4, -0.2) is 15.9 Å². The van der Waals surface area contributed by atoms with Crippen LogP contribution >= 0.6 is 0 Å². The van der Waals surface area contributed by atoms with Crippen LogP contribution in [-0.2, 0) is 0 Å². The Morgan fingerprint density at radius 2 is 2.10 bits per heavy atom. The Kier molecular flexibility index (Phi) is 2.50. The number of hydrogen-bond acceptors (Lipinski definition) is 3. The molecule has 0 atom stereocenters. The van der Waals surface area contributed by atoms with E-state index in [4.69, 9.17) is 4.42 Å². The van der Waals surface area contributed by atoms with Gasteiger partial charge in [-0.05, 0) is 12.1 Å². The third-order valence-corrected chi connectivity index (χ3v) is 3.37. The number of hydrogen-bond donors (Lipinski definition) is 2. The van der Waals surface area contributed by atoms with E-state index in [9.17, 15) is 4.79 Å². The Hall–Kier alpha value is -3.08. The molecule has 0 aliphatic carbocycles. The van der Waals surface area contributed by atoms with Gasteiger partial charge in [0.1, 0.15) is 5.69 Å². The van der Waals surface area contributed by atoms with Crippen molar-refractivity contribution in [2.45, 2.75) is 0 Å². The van der Waals surface area contributed by atoms with Gasteiger partial charge in [0.2, 0.25) is 0 Å². The van der Waals surface area contributed by atoms with Gasteiger partial charge in [-0.1, -0.05) is 18.2 Å². The van der Waals surface area contributed by atoms with E-state index < -0.39 is 0 Å². The summed E-state index contributed by atoms with van der Waals surface area (Å²) in [6, 6.07) is 13.0. The maximum absolute atomic E-state index is 12.3. The molecule has 4 rings (SSSR count). The molecule has 21 heavy (non-hydrogen) atoms. The molecular weight excluding hydrogens is 266 g/mol. The number of H-pyrrole nitrogens is 1. The van der Waals surface area contributed by atoms with Gasteiger partial charge in [-0.15, -0.1) is 0 Å². The molecule has 0 unspecified atom stereocenters. The Balaban J connectivity index is 1.71. The number of para-hydroxylation sites is 1. The van der Waals surface area contributed by atoms with Crippen LogP contribution in [0.25, 0.3) is 22.0 Å². The first-order valence-corrected chi connectivity index (χ1v) is 6.52. The number of benzene rings is 1. The fraction of sp³-hybridized carbons (Fsp3) is 0. The van der Waals surface area contributed by atoms with E-state index >= 15 is 0 Å². The van der Waals surface area contributed by atoms with E-state index in [1.165, 1.54) is 0 Å². The smallest absolute Gasteiger partial charge is 0.272 e. The largest absolute Gasteiger partial charge is 0.463 e. The number of furan rings is 1. The van der Waals surface area contributed by atoms with Gasteiger partial charge in [-0.3, -0.25) is 9.78 Å². The van der Waals surface area contributed by atoms with Gasteiger partial charge in [-0.25, -0.2) is 0 Å². The summed E-state index contributed by atoms with van der Waals surface area (Å²) in [5, 5.41) is 3.86. The average Bonchev–Trinajstić information content (AvgIpc) is 3.09. The molecule has 5 nitrogen and oxygen atoms in total. The highest BCUT2D eigenvalue weighted by molar-refractivity contribution is 6.08. The third-order valence-electron chi connectivity index (χ3n) is 3.37. The second-order valence-electron chi connectivity index (χ2n) is 4.72. The molecule has 1 aromatic carbocycles. The van der Waals surface area contributed by atoms with E-state index in [1.807, 2.05) is 30.3 Å². The molecule has 0 bridgehead atoms. The van der Waals surface area contributed by atoms with Crippen molar-refractivity contribution in [1.82, 2.24) is 9.97 Å². The van der Waals surface area contributed by atoms with Crippen LogP contribution in [0.1, 0.15) is 10.5 Å². The molecule has 0 saturated carbocycles. The summed E-state index contributed by atoms with van der Waals surface area (Å²) in [5.74, 6) is -0.223. The first kappa shape index (κ1) is 11.7. The number of aromatic amines is 1. The number of nitrogens with one attached hydrogen (secondary N) is 2. The zero-order valence-corrected chi connectivity index (χ0v) is 11.0. The lowest BCUT2D eigenvalue weighted by molar-refractivity contribution is 0.102. The summed E-state index contributed by atoms with van der Waals surface area (Å²) in [5.41, 5.74) is 3.37. The lowest BCUT2D eigenvalue weighted by Crippen LogP contribution is -2.12. The molecule has 0 aliphatic rings. The summed E-state index contributed by atoms with van der Waals surface area (Å²) in [4.78, 5) is 19.6. The molecule has 2 N–H and O–H groups in total. The maximum Gasteiger partial charge on any atom is 0.272 e. The van der Waals surface area contributed by atoms with Crippen LogP contribution in [0.3, 0.4) is 0 Å². The number of amides is 1. The SMILES string of the molecule is O=C(Nc1cccc2cccnc12)c1cc2occc2[nH]1. The number of pyridine rings is 1. The number of fused-ring (bicyclic) bond motifs is 2. The monoisotopic (exact) mass is 277 g/mol. The van der Waals surface area contributed by atoms with E-state index in [0.29, 0.717) is 17.0 Å². The molecule has 4 aromatic rings. The Morgan fingerprint density at radius 3 is 3.00 bits per heavy atom. The third kappa shape index (κ3) is 1.95. The predicted octanol–water partition coefficient (Wildman–Crippen LogP) is 3.56. The Bertz CT molecular complexity index is 918. The van der Waals surface area contributed by atoms with Gasteiger partial charge in [-0.2, -0.15) is 0 Å². The quantitative estimate of drug-likeness (QED) is 0.588. The van der Waals surface area contributed by atoms with E-state index in [1.54, 1.807) is 24.6 Å². The number of aromatic nitrogens is 2. The maximum atomic E-state index is 12.3. The highest BCUT2D eigenvalue weighted by Crippen LogP contribution is 2.22. The van der Waals surface area contributed by atoms with Crippen molar-refractivity contribution in [3.05, 3.63) is 60.6 Å². The summed E-state index contributed by atoms with van der Waals surface area (Å²) in [6.07, 6.45) is 3.29. The number of anilines is 1. The van der Waals surface area contributed by atoms with Crippen molar-refractivity contribution in [1.29, 1.82) is 0 Å². The van der Waals surface area contributed by atoms with Gasteiger partial charge in [0.05, 0.1) is 23.0 Å². The molecule has 3 heterocycles. The van der Waals surface area contributed by atoms with E-state index in [2.05, 4.69) is 15.3 Å². The lowest BCUT2D eigenvalue weighted by atomic mass is 10.2. The summed E-state index contributed by atoms with van der Waals surface area (Å²) >= 11 is 0. The standard InChI is InChI=1S/C16H11N3O2/c20-16(13-9-14-11(18-13)6-8-21-14)19-12-5-1-3-10-4-2-7-17-15(10)12/h1-9,18H,(H,19,20). The van der Waals surface area contributed by atoms with Crippen molar-refractivity contribution >= 4 is 33.6 Å². The van der Waals surface area contributed by atoms with Gasteiger partial charge in [0, 0.05) is 23.7 Å². The Morgan fingerprint density at radius 1 is 1.19 bits per heavy atom. The molecule has 0 aliphatic heterocycles.